The molecule has 0 aliphatic heterocycles. The number of carbonyl (C=O) groups is 1. The molecule has 0 unspecified atom stereocenters. The van der Waals surface area contributed by atoms with Gasteiger partial charge in [-0.3, -0.25) is 4.79 Å². The van der Waals surface area contributed by atoms with Gasteiger partial charge < -0.3 is 9.72 Å². The molecule has 0 radical (unpaired) electrons. The summed E-state index contributed by atoms with van der Waals surface area (Å²) in [5.74, 6) is -0.578. The molecule has 0 fully saturated rings. The fraction of sp³-hybridized carbons (Fsp3) is 0.250. The Hall–Kier alpha value is -1.88. The maximum Gasteiger partial charge on any atom is 0.344 e. The number of H-pyrrole nitrogens is 1. The van der Waals surface area contributed by atoms with E-state index in [9.17, 15) is 9.59 Å². The third-order valence-corrected chi connectivity index (χ3v) is 4.06. The summed E-state index contributed by atoms with van der Waals surface area (Å²) in [7, 11) is 0. The molecule has 0 bridgehead atoms. The Morgan fingerprint density at radius 2 is 2.14 bits per heavy atom. The summed E-state index contributed by atoms with van der Waals surface area (Å²) in [6, 6.07) is 9.18. The first-order chi connectivity index (χ1) is 10.1. The summed E-state index contributed by atoms with van der Waals surface area (Å²) in [4.78, 5) is 26.8. The van der Waals surface area contributed by atoms with Crippen LogP contribution < -0.4 is 5.56 Å². The van der Waals surface area contributed by atoms with Gasteiger partial charge in [-0.2, -0.15) is 0 Å². The van der Waals surface area contributed by atoms with Crippen LogP contribution in [0.5, 0.6) is 0 Å². The summed E-state index contributed by atoms with van der Waals surface area (Å²) < 4.78 is 6.15. The normalized spacial score (nSPS) is 13.0. The lowest BCUT2D eigenvalue weighted by atomic mass is 10.1. The van der Waals surface area contributed by atoms with E-state index in [1.54, 1.807) is 6.07 Å². The lowest BCUT2D eigenvalue weighted by Gasteiger charge is -2.06. The predicted molar refractivity (Wildman–Crippen MR) is 82.3 cm³/mol. The van der Waals surface area contributed by atoms with Gasteiger partial charge in [0.1, 0.15) is 12.2 Å². The van der Waals surface area contributed by atoms with Crippen LogP contribution >= 0.6 is 15.9 Å². The van der Waals surface area contributed by atoms with Gasteiger partial charge in [0.15, 0.2) is 0 Å². The Kier molecular flexibility index (Phi) is 3.92. The highest BCUT2D eigenvalue weighted by molar-refractivity contribution is 9.10. The molecule has 1 N–H and O–H groups in total. The number of aryl methyl sites for hydroxylation is 2. The molecular weight excluding hydrogens is 334 g/mol. The maximum absolute atomic E-state index is 12.1. The highest BCUT2D eigenvalue weighted by atomic mass is 79.9. The van der Waals surface area contributed by atoms with Crippen LogP contribution in [0.1, 0.15) is 33.6 Å². The number of halogens is 1. The van der Waals surface area contributed by atoms with Crippen LogP contribution in [0.2, 0.25) is 0 Å². The Labute approximate surface area is 130 Å². The van der Waals surface area contributed by atoms with Gasteiger partial charge in [-0.05, 0) is 48.6 Å². The molecule has 3 rings (SSSR count). The first-order valence-electron chi connectivity index (χ1n) is 6.80. The number of carbonyl (C=O) groups excluding carboxylic acids is 1. The molecule has 1 heterocycles. The van der Waals surface area contributed by atoms with Crippen LogP contribution in [-0.4, -0.2) is 11.0 Å². The molecular formula is C16H14BrNO3. The van der Waals surface area contributed by atoms with Crippen LogP contribution in [0.3, 0.4) is 0 Å². The van der Waals surface area contributed by atoms with E-state index in [1.807, 2.05) is 24.3 Å². The number of aromatic amines is 1. The van der Waals surface area contributed by atoms with Crippen LogP contribution in [0.15, 0.2) is 39.6 Å². The molecule has 0 saturated heterocycles. The van der Waals surface area contributed by atoms with Gasteiger partial charge in [0, 0.05) is 10.2 Å². The lowest BCUT2D eigenvalue weighted by Crippen LogP contribution is -2.21. The average molecular weight is 348 g/mol. The minimum absolute atomic E-state index is 0.0886. The Morgan fingerprint density at radius 1 is 1.29 bits per heavy atom. The number of hydrogen-bond donors (Lipinski definition) is 1. The molecule has 1 aliphatic carbocycles. The van der Waals surface area contributed by atoms with Crippen molar-refractivity contribution in [3.63, 3.8) is 0 Å². The van der Waals surface area contributed by atoms with E-state index in [2.05, 4.69) is 20.9 Å². The SMILES string of the molecule is O=C(OCc1cccc(Br)c1)c1cc2c([nH]c1=O)CCC2. The van der Waals surface area contributed by atoms with Gasteiger partial charge in [-0.1, -0.05) is 28.1 Å². The largest absolute Gasteiger partial charge is 0.457 e. The van der Waals surface area contributed by atoms with Crippen molar-refractivity contribution in [2.75, 3.05) is 0 Å². The number of ether oxygens (including phenoxy) is 1. The smallest absolute Gasteiger partial charge is 0.344 e. The number of nitrogens with one attached hydrogen (secondary N) is 1. The number of pyridine rings is 1. The van der Waals surface area contributed by atoms with Crippen molar-refractivity contribution >= 4 is 21.9 Å². The molecule has 2 aromatic rings. The van der Waals surface area contributed by atoms with Gasteiger partial charge in [-0.15, -0.1) is 0 Å². The van der Waals surface area contributed by atoms with Gasteiger partial charge in [0.05, 0.1) is 0 Å². The standard InChI is InChI=1S/C16H14BrNO3/c17-12-5-1-3-10(7-12)9-21-16(20)13-8-11-4-2-6-14(11)18-15(13)19/h1,3,5,7-8H,2,4,6,9H2,(H,18,19). The van der Waals surface area contributed by atoms with E-state index in [0.717, 1.165) is 40.6 Å². The van der Waals surface area contributed by atoms with E-state index < -0.39 is 5.97 Å². The van der Waals surface area contributed by atoms with Crippen molar-refractivity contribution in [3.05, 3.63) is 67.5 Å². The van der Waals surface area contributed by atoms with Crippen molar-refractivity contribution in [1.29, 1.82) is 0 Å². The second-order valence-electron chi connectivity index (χ2n) is 5.08. The van der Waals surface area contributed by atoms with Crippen molar-refractivity contribution in [3.8, 4) is 0 Å². The Balaban J connectivity index is 1.75. The summed E-state index contributed by atoms with van der Waals surface area (Å²) in [5.41, 5.74) is 2.59. The molecule has 0 atom stereocenters. The maximum atomic E-state index is 12.1. The number of aromatic nitrogens is 1. The number of esters is 1. The first-order valence-corrected chi connectivity index (χ1v) is 7.59. The zero-order valence-corrected chi connectivity index (χ0v) is 12.9. The summed E-state index contributed by atoms with van der Waals surface area (Å²) >= 11 is 3.36. The highest BCUT2D eigenvalue weighted by Crippen LogP contribution is 2.19. The minimum Gasteiger partial charge on any atom is -0.457 e. The fourth-order valence-electron chi connectivity index (χ4n) is 2.52. The molecule has 5 heteroatoms. The van der Waals surface area contributed by atoms with Crippen LogP contribution in [-0.2, 0) is 24.2 Å². The Bertz CT molecular complexity index is 751. The molecule has 1 aliphatic rings. The molecule has 0 amide bonds. The van der Waals surface area contributed by atoms with E-state index in [0.29, 0.717) is 0 Å². The molecule has 4 nitrogen and oxygen atoms in total. The van der Waals surface area contributed by atoms with Crippen molar-refractivity contribution < 1.29 is 9.53 Å². The number of rotatable bonds is 3. The third kappa shape index (κ3) is 3.08. The van der Waals surface area contributed by atoms with Gasteiger partial charge in [-0.25, -0.2) is 4.79 Å². The number of fused-ring (bicyclic) bond motifs is 1. The van der Waals surface area contributed by atoms with Gasteiger partial charge in [0.2, 0.25) is 0 Å². The molecule has 0 saturated carbocycles. The molecule has 1 aromatic heterocycles. The zero-order chi connectivity index (χ0) is 14.8. The van der Waals surface area contributed by atoms with E-state index >= 15 is 0 Å². The van der Waals surface area contributed by atoms with Crippen LogP contribution in [0, 0.1) is 0 Å². The first kappa shape index (κ1) is 14.1. The van der Waals surface area contributed by atoms with Crippen molar-refractivity contribution in [2.45, 2.75) is 25.9 Å². The number of hydrogen-bond acceptors (Lipinski definition) is 3. The van der Waals surface area contributed by atoms with Gasteiger partial charge >= 0.3 is 5.97 Å². The quantitative estimate of drug-likeness (QED) is 0.868. The summed E-state index contributed by atoms with van der Waals surface area (Å²) in [6.07, 6.45) is 2.79. The zero-order valence-electron chi connectivity index (χ0n) is 11.3. The van der Waals surface area contributed by atoms with E-state index in [-0.39, 0.29) is 17.7 Å². The minimum atomic E-state index is -0.578. The summed E-state index contributed by atoms with van der Waals surface area (Å²) in [6.45, 7) is 0.148. The monoisotopic (exact) mass is 347 g/mol. The molecule has 108 valence electrons. The fourth-order valence-corrected chi connectivity index (χ4v) is 2.96. The second-order valence-corrected chi connectivity index (χ2v) is 5.99. The topological polar surface area (TPSA) is 59.2 Å². The Morgan fingerprint density at radius 3 is 2.95 bits per heavy atom. The highest BCUT2D eigenvalue weighted by Gasteiger charge is 2.19. The molecule has 1 aromatic carbocycles. The van der Waals surface area contributed by atoms with Crippen LogP contribution in [0.25, 0.3) is 0 Å². The van der Waals surface area contributed by atoms with Crippen LogP contribution in [0.4, 0.5) is 0 Å². The van der Waals surface area contributed by atoms with Crippen molar-refractivity contribution in [1.82, 2.24) is 4.98 Å². The van der Waals surface area contributed by atoms with E-state index in [4.69, 9.17) is 4.74 Å². The molecule has 21 heavy (non-hydrogen) atoms. The lowest BCUT2D eigenvalue weighted by molar-refractivity contribution is 0.0470. The predicted octanol–water partition coefficient (Wildman–Crippen LogP) is 2.98. The van der Waals surface area contributed by atoms with Crippen molar-refractivity contribution in [2.24, 2.45) is 0 Å². The summed E-state index contributed by atoms with van der Waals surface area (Å²) in [5, 5.41) is 0. The second kappa shape index (κ2) is 5.85. The molecule has 0 spiro atoms. The number of benzene rings is 1. The average Bonchev–Trinajstić information content (AvgIpc) is 2.91. The van der Waals surface area contributed by atoms with E-state index in [1.165, 1.54) is 0 Å². The van der Waals surface area contributed by atoms with Gasteiger partial charge in [0.25, 0.3) is 5.56 Å². The third-order valence-electron chi connectivity index (χ3n) is 3.57.